The number of benzene rings is 2. The molecular weight excluding hydrogens is 412 g/mol. The molecule has 2 unspecified atom stereocenters. The Balaban J connectivity index is 1.31. The Labute approximate surface area is 187 Å². The Morgan fingerprint density at radius 3 is 2.53 bits per heavy atom. The summed E-state index contributed by atoms with van der Waals surface area (Å²) in [5.41, 5.74) is 2.36. The van der Waals surface area contributed by atoms with Crippen molar-refractivity contribution in [1.82, 2.24) is 4.90 Å². The van der Waals surface area contributed by atoms with Crippen molar-refractivity contribution >= 4 is 11.6 Å². The van der Waals surface area contributed by atoms with E-state index in [1.165, 1.54) is 6.07 Å². The first-order valence-electron chi connectivity index (χ1n) is 10.9. The first-order chi connectivity index (χ1) is 15.4. The zero-order valence-corrected chi connectivity index (χ0v) is 18.5. The van der Waals surface area contributed by atoms with Crippen molar-refractivity contribution in [2.75, 3.05) is 44.3 Å². The van der Waals surface area contributed by atoms with Crippen LogP contribution < -0.4 is 9.64 Å². The smallest absolute Gasteiger partial charge is 0.219 e. The van der Waals surface area contributed by atoms with Crippen molar-refractivity contribution < 1.29 is 29.2 Å². The second kappa shape index (κ2) is 9.36. The van der Waals surface area contributed by atoms with Gasteiger partial charge >= 0.3 is 0 Å². The molecule has 8 heteroatoms. The van der Waals surface area contributed by atoms with Crippen molar-refractivity contribution in [1.29, 1.82) is 0 Å². The number of carbonyl (C=O) groups is 1. The molecule has 8 nitrogen and oxygen atoms in total. The maximum atomic E-state index is 11.5. The highest BCUT2D eigenvalue weighted by atomic mass is 16.7. The number of anilines is 1. The molecule has 172 valence electrons. The van der Waals surface area contributed by atoms with Crippen molar-refractivity contribution in [3.05, 3.63) is 53.6 Å². The quantitative estimate of drug-likeness (QED) is 0.709. The fourth-order valence-corrected chi connectivity index (χ4v) is 4.24. The topological polar surface area (TPSA) is 91.7 Å². The van der Waals surface area contributed by atoms with Gasteiger partial charge < -0.3 is 34.2 Å². The van der Waals surface area contributed by atoms with E-state index in [-0.39, 0.29) is 24.4 Å². The summed E-state index contributed by atoms with van der Waals surface area (Å²) < 4.78 is 17.9. The molecule has 0 aromatic heterocycles. The summed E-state index contributed by atoms with van der Waals surface area (Å²) in [6.07, 6.45) is -0.264. The van der Waals surface area contributed by atoms with E-state index in [4.69, 9.17) is 14.2 Å². The molecule has 4 rings (SSSR count). The third-order valence-electron chi connectivity index (χ3n) is 6.05. The summed E-state index contributed by atoms with van der Waals surface area (Å²) in [6, 6.07) is 12.7. The number of hydrogen-bond acceptors (Lipinski definition) is 7. The van der Waals surface area contributed by atoms with Crippen LogP contribution in [0.15, 0.2) is 42.5 Å². The van der Waals surface area contributed by atoms with Crippen molar-refractivity contribution in [3.63, 3.8) is 0 Å². The van der Waals surface area contributed by atoms with Gasteiger partial charge in [0.25, 0.3) is 0 Å². The number of piperazine rings is 1. The van der Waals surface area contributed by atoms with Crippen LogP contribution in [0.4, 0.5) is 5.69 Å². The number of nitrogens with zero attached hydrogens (tertiary/aromatic N) is 2. The molecule has 2 aromatic carbocycles. The molecule has 2 aliphatic heterocycles. The predicted molar refractivity (Wildman–Crippen MR) is 119 cm³/mol. The maximum absolute atomic E-state index is 11.5. The molecule has 2 aromatic rings. The van der Waals surface area contributed by atoms with Gasteiger partial charge in [-0.05, 0) is 55.0 Å². The molecule has 0 saturated carbocycles. The molecule has 0 aliphatic carbocycles. The number of ether oxygens (including phenoxy) is 3. The molecule has 0 radical (unpaired) electrons. The van der Waals surface area contributed by atoms with E-state index in [1.807, 2.05) is 29.2 Å². The summed E-state index contributed by atoms with van der Waals surface area (Å²) in [6.45, 7) is 7.01. The molecule has 2 N–H and O–H groups in total. The Kier molecular flexibility index (Phi) is 6.55. The van der Waals surface area contributed by atoms with Gasteiger partial charge in [-0.3, -0.25) is 4.79 Å². The highest BCUT2D eigenvalue weighted by Gasteiger charge is 2.40. The average Bonchev–Trinajstić information content (AvgIpc) is 3.19. The summed E-state index contributed by atoms with van der Waals surface area (Å²) in [5, 5.41) is 19.3. The molecule has 32 heavy (non-hydrogen) atoms. The fraction of sp³-hybridized carbons (Fsp3) is 0.458. The Hall–Kier alpha value is -2.81. The van der Waals surface area contributed by atoms with Gasteiger partial charge in [0.1, 0.15) is 24.2 Å². The molecule has 1 amide bonds. The Bertz CT molecular complexity index is 942. The number of hydrogen-bond donors (Lipinski definition) is 2. The van der Waals surface area contributed by atoms with Crippen LogP contribution >= 0.6 is 0 Å². The molecule has 2 aliphatic rings. The van der Waals surface area contributed by atoms with Gasteiger partial charge in [0, 0.05) is 44.4 Å². The minimum Gasteiger partial charge on any atom is -0.508 e. The van der Waals surface area contributed by atoms with Crippen molar-refractivity contribution in [3.8, 4) is 11.5 Å². The molecule has 2 atom stereocenters. The van der Waals surface area contributed by atoms with Crippen LogP contribution in [0.3, 0.4) is 0 Å². The monoisotopic (exact) mass is 442 g/mol. The zero-order chi connectivity index (χ0) is 22.7. The summed E-state index contributed by atoms with van der Waals surface area (Å²) in [7, 11) is 0. The minimum absolute atomic E-state index is 0.0865. The van der Waals surface area contributed by atoms with Crippen LogP contribution in [0.1, 0.15) is 25.0 Å². The molecule has 2 heterocycles. The van der Waals surface area contributed by atoms with Gasteiger partial charge in [-0.15, -0.1) is 0 Å². The molecule has 0 spiro atoms. The highest BCUT2D eigenvalue weighted by Crippen LogP contribution is 2.37. The number of carbonyl (C=O) groups excluding carboxylic acids is 1. The molecule has 2 fully saturated rings. The van der Waals surface area contributed by atoms with Crippen LogP contribution in [-0.2, 0) is 26.7 Å². The normalized spacial score (nSPS) is 23.4. The number of phenols is 1. The van der Waals surface area contributed by atoms with Crippen molar-refractivity contribution in [2.24, 2.45) is 0 Å². The van der Waals surface area contributed by atoms with Crippen LogP contribution in [0.5, 0.6) is 11.5 Å². The van der Waals surface area contributed by atoms with Gasteiger partial charge in [0.2, 0.25) is 5.91 Å². The van der Waals surface area contributed by atoms with E-state index in [0.29, 0.717) is 24.3 Å². The maximum Gasteiger partial charge on any atom is 0.219 e. The zero-order valence-electron chi connectivity index (χ0n) is 18.5. The Morgan fingerprint density at radius 2 is 1.88 bits per heavy atom. The van der Waals surface area contributed by atoms with E-state index in [9.17, 15) is 15.0 Å². The van der Waals surface area contributed by atoms with Crippen LogP contribution in [0.25, 0.3) is 0 Å². The highest BCUT2D eigenvalue weighted by molar-refractivity contribution is 5.73. The van der Waals surface area contributed by atoms with Gasteiger partial charge in [-0.1, -0.05) is 0 Å². The summed E-state index contributed by atoms with van der Waals surface area (Å²) >= 11 is 0. The van der Waals surface area contributed by atoms with E-state index in [0.717, 1.165) is 37.6 Å². The third kappa shape index (κ3) is 4.82. The van der Waals surface area contributed by atoms with Crippen LogP contribution in [-0.4, -0.2) is 66.5 Å². The van der Waals surface area contributed by atoms with Gasteiger partial charge in [0.15, 0.2) is 5.79 Å². The number of aromatic hydroxyl groups is 1. The second-order valence-corrected chi connectivity index (χ2v) is 8.29. The lowest BCUT2D eigenvalue weighted by Gasteiger charge is -2.35. The first-order valence-corrected chi connectivity index (χ1v) is 10.9. The first kappa shape index (κ1) is 22.4. The fourth-order valence-electron chi connectivity index (χ4n) is 4.24. The van der Waals surface area contributed by atoms with E-state index in [2.05, 4.69) is 4.90 Å². The van der Waals surface area contributed by atoms with Crippen LogP contribution in [0.2, 0.25) is 0 Å². The van der Waals surface area contributed by atoms with Gasteiger partial charge in [-0.25, -0.2) is 0 Å². The van der Waals surface area contributed by atoms with Gasteiger partial charge in [-0.2, -0.15) is 0 Å². The average molecular weight is 443 g/mol. The number of amides is 1. The lowest BCUT2D eigenvalue weighted by molar-refractivity contribution is -0.165. The van der Waals surface area contributed by atoms with Crippen LogP contribution in [0, 0.1) is 0 Å². The third-order valence-corrected chi connectivity index (χ3v) is 6.05. The molecular formula is C24H30N2O6. The lowest BCUT2D eigenvalue weighted by atomic mass is 10.0. The minimum atomic E-state index is -1.01. The Morgan fingerprint density at radius 1 is 1.16 bits per heavy atom. The number of aliphatic hydroxyl groups excluding tert-OH is 1. The molecule has 0 bridgehead atoms. The largest absolute Gasteiger partial charge is 0.508 e. The second-order valence-electron chi connectivity index (χ2n) is 8.29. The number of aliphatic hydroxyl groups is 1. The SMILES string of the molecule is CC(=O)N1CCN(c2ccc(OCC3COC(C)(c4ccc(O)cc4CO)O3)cc2)CC1. The predicted octanol–water partition coefficient (Wildman–Crippen LogP) is 2.22. The standard InChI is InChI=1S/C24H30N2O6/c1-17(28)25-9-11-26(12-10-25)19-3-6-21(7-4-19)30-15-22-16-31-24(2,32-22)23-8-5-20(29)13-18(23)14-27/h3-8,13,22,27,29H,9-12,14-16H2,1-2H3. The van der Waals surface area contributed by atoms with E-state index >= 15 is 0 Å². The number of rotatable bonds is 6. The van der Waals surface area contributed by atoms with Gasteiger partial charge in [0.05, 0.1) is 13.2 Å². The lowest BCUT2D eigenvalue weighted by Crippen LogP contribution is -2.48. The van der Waals surface area contributed by atoms with E-state index in [1.54, 1.807) is 26.0 Å². The molecule has 2 saturated heterocycles. The van der Waals surface area contributed by atoms with Crippen molar-refractivity contribution in [2.45, 2.75) is 32.3 Å². The summed E-state index contributed by atoms with van der Waals surface area (Å²) in [5.74, 6) is -0.0517. The van der Waals surface area contributed by atoms with E-state index < -0.39 is 5.79 Å². The summed E-state index contributed by atoms with van der Waals surface area (Å²) in [4.78, 5) is 15.6. The number of phenolic OH excluding ortho intramolecular Hbond substituents is 1.